The van der Waals surface area contributed by atoms with Gasteiger partial charge in [-0.25, -0.2) is 4.98 Å². The summed E-state index contributed by atoms with van der Waals surface area (Å²) in [6.45, 7) is 8.74. The highest BCUT2D eigenvalue weighted by Gasteiger charge is 2.16. The number of nitrogens with zero attached hydrogens (tertiary/aromatic N) is 1. The molecular formula is C15H19NOS. The van der Waals surface area contributed by atoms with Gasteiger partial charge in [-0.05, 0) is 29.5 Å². The van der Waals surface area contributed by atoms with E-state index in [0.717, 1.165) is 10.7 Å². The van der Waals surface area contributed by atoms with E-state index in [9.17, 15) is 0 Å². The van der Waals surface area contributed by atoms with E-state index in [1.807, 2.05) is 5.38 Å². The number of benzene rings is 1. The third-order valence-electron chi connectivity index (χ3n) is 3.07. The molecule has 0 saturated carbocycles. The minimum atomic E-state index is 0.0165. The molecule has 2 aromatic rings. The zero-order valence-corrected chi connectivity index (χ0v) is 12.1. The third-order valence-corrected chi connectivity index (χ3v) is 3.90. The number of rotatable bonds is 2. The van der Waals surface area contributed by atoms with E-state index in [-0.39, 0.29) is 12.0 Å². The molecule has 0 radical (unpaired) electrons. The average Bonchev–Trinajstić information content (AvgIpc) is 2.76. The lowest BCUT2D eigenvalue weighted by Gasteiger charge is -2.20. The Morgan fingerprint density at radius 2 is 2.00 bits per heavy atom. The third kappa shape index (κ3) is 2.62. The number of aryl methyl sites for hydroxylation is 1. The van der Waals surface area contributed by atoms with Crippen molar-refractivity contribution >= 4 is 11.3 Å². The van der Waals surface area contributed by atoms with Crippen LogP contribution in [0.4, 0.5) is 0 Å². The van der Waals surface area contributed by atoms with E-state index >= 15 is 0 Å². The smallest absolute Gasteiger partial charge is 0.119 e. The van der Waals surface area contributed by atoms with Gasteiger partial charge in [0.2, 0.25) is 0 Å². The molecule has 1 aromatic carbocycles. The summed E-state index contributed by atoms with van der Waals surface area (Å²) >= 11 is 1.51. The highest BCUT2D eigenvalue weighted by molar-refractivity contribution is 7.09. The molecule has 1 N–H and O–H groups in total. The van der Waals surface area contributed by atoms with E-state index in [4.69, 9.17) is 5.11 Å². The minimum absolute atomic E-state index is 0.0165. The van der Waals surface area contributed by atoms with Crippen LogP contribution in [-0.2, 0) is 12.0 Å². The summed E-state index contributed by atoms with van der Waals surface area (Å²) in [5, 5.41) is 11.9. The Hall–Kier alpha value is -1.19. The Balaban J connectivity index is 2.49. The molecule has 0 fully saturated rings. The van der Waals surface area contributed by atoms with Crippen molar-refractivity contribution in [3.63, 3.8) is 0 Å². The van der Waals surface area contributed by atoms with Gasteiger partial charge in [0.1, 0.15) is 5.01 Å². The van der Waals surface area contributed by atoms with Crippen LogP contribution < -0.4 is 0 Å². The Bertz CT molecular complexity index is 552. The number of hydrogen-bond donors (Lipinski definition) is 1. The summed E-state index contributed by atoms with van der Waals surface area (Å²) in [5.41, 5.74) is 4.80. The summed E-state index contributed by atoms with van der Waals surface area (Å²) in [4.78, 5) is 4.45. The van der Waals surface area contributed by atoms with Crippen LogP contribution in [0.5, 0.6) is 0 Å². The summed E-state index contributed by atoms with van der Waals surface area (Å²) in [7, 11) is 0. The lowest BCUT2D eigenvalue weighted by Crippen LogP contribution is -2.11. The SMILES string of the molecule is Cc1ccc(C(C)(C)C)cc1-c1csc(CO)n1. The number of hydrogen-bond acceptors (Lipinski definition) is 3. The van der Waals surface area contributed by atoms with Crippen molar-refractivity contribution in [2.24, 2.45) is 0 Å². The van der Waals surface area contributed by atoms with E-state index in [0.29, 0.717) is 0 Å². The van der Waals surface area contributed by atoms with Crippen LogP contribution in [-0.4, -0.2) is 10.1 Å². The first-order valence-corrected chi connectivity index (χ1v) is 6.96. The monoisotopic (exact) mass is 261 g/mol. The number of aliphatic hydroxyl groups is 1. The second-order valence-corrected chi connectivity index (χ2v) is 6.51. The Morgan fingerprint density at radius 3 is 2.56 bits per heavy atom. The molecule has 3 heteroatoms. The van der Waals surface area contributed by atoms with Crippen molar-refractivity contribution < 1.29 is 5.11 Å². The van der Waals surface area contributed by atoms with Crippen LogP contribution in [0.3, 0.4) is 0 Å². The quantitative estimate of drug-likeness (QED) is 0.889. The summed E-state index contributed by atoms with van der Waals surface area (Å²) in [6.07, 6.45) is 0. The van der Waals surface area contributed by atoms with Gasteiger partial charge >= 0.3 is 0 Å². The van der Waals surface area contributed by atoms with Gasteiger partial charge in [0.05, 0.1) is 12.3 Å². The fourth-order valence-electron chi connectivity index (χ4n) is 1.87. The second kappa shape index (κ2) is 4.82. The van der Waals surface area contributed by atoms with Gasteiger partial charge in [-0.3, -0.25) is 0 Å². The van der Waals surface area contributed by atoms with Gasteiger partial charge in [-0.1, -0.05) is 32.9 Å². The Kier molecular flexibility index (Phi) is 3.55. The molecule has 0 unspecified atom stereocenters. The molecule has 0 bridgehead atoms. The standard InChI is InChI=1S/C15H19NOS/c1-10-5-6-11(15(2,3)4)7-12(10)13-9-18-14(8-17)16-13/h5-7,9,17H,8H2,1-4H3. The van der Waals surface area contributed by atoms with Crippen molar-refractivity contribution in [1.29, 1.82) is 0 Å². The molecule has 0 aliphatic heterocycles. The maximum absolute atomic E-state index is 9.10. The van der Waals surface area contributed by atoms with Gasteiger partial charge < -0.3 is 5.11 Å². The van der Waals surface area contributed by atoms with Gasteiger partial charge in [0, 0.05) is 10.9 Å². The molecule has 18 heavy (non-hydrogen) atoms. The maximum atomic E-state index is 9.10. The van der Waals surface area contributed by atoms with E-state index in [1.54, 1.807) is 0 Å². The second-order valence-electron chi connectivity index (χ2n) is 5.56. The summed E-state index contributed by atoms with van der Waals surface area (Å²) in [5.74, 6) is 0. The van der Waals surface area contributed by atoms with Crippen molar-refractivity contribution in [3.05, 3.63) is 39.7 Å². The zero-order valence-electron chi connectivity index (χ0n) is 11.3. The zero-order chi connectivity index (χ0) is 13.3. The fourth-order valence-corrected chi connectivity index (χ4v) is 2.52. The first kappa shape index (κ1) is 13.2. The topological polar surface area (TPSA) is 33.1 Å². The lowest BCUT2D eigenvalue weighted by atomic mass is 9.85. The van der Waals surface area contributed by atoms with Crippen molar-refractivity contribution in [1.82, 2.24) is 4.98 Å². The van der Waals surface area contributed by atoms with Crippen molar-refractivity contribution in [2.45, 2.75) is 39.7 Å². The van der Waals surface area contributed by atoms with Crippen LogP contribution in [0.1, 0.15) is 36.9 Å². The van der Waals surface area contributed by atoms with Crippen LogP contribution in [0.25, 0.3) is 11.3 Å². The Labute approximate surface area is 112 Å². The van der Waals surface area contributed by atoms with Gasteiger partial charge in [-0.2, -0.15) is 0 Å². The first-order valence-electron chi connectivity index (χ1n) is 6.08. The van der Waals surface area contributed by atoms with Gasteiger partial charge in [0.15, 0.2) is 0 Å². The van der Waals surface area contributed by atoms with E-state index in [2.05, 4.69) is 50.9 Å². The summed E-state index contributed by atoms with van der Waals surface area (Å²) in [6, 6.07) is 6.54. The predicted octanol–water partition coefficient (Wildman–Crippen LogP) is 3.91. The molecule has 0 atom stereocenters. The van der Waals surface area contributed by atoms with Crippen LogP contribution in [0, 0.1) is 6.92 Å². The molecule has 2 rings (SSSR count). The number of aromatic nitrogens is 1. The fraction of sp³-hybridized carbons (Fsp3) is 0.400. The normalized spacial score (nSPS) is 11.8. The summed E-state index contributed by atoms with van der Waals surface area (Å²) < 4.78 is 0. The molecule has 0 aliphatic carbocycles. The molecule has 0 spiro atoms. The molecule has 1 heterocycles. The van der Waals surface area contributed by atoms with Crippen molar-refractivity contribution in [2.75, 3.05) is 0 Å². The first-order chi connectivity index (χ1) is 8.41. The molecule has 96 valence electrons. The molecule has 1 aromatic heterocycles. The number of aliphatic hydroxyl groups excluding tert-OH is 1. The van der Waals surface area contributed by atoms with Gasteiger partial charge in [-0.15, -0.1) is 11.3 Å². The molecule has 2 nitrogen and oxygen atoms in total. The minimum Gasteiger partial charge on any atom is -0.389 e. The maximum Gasteiger partial charge on any atom is 0.119 e. The lowest BCUT2D eigenvalue weighted by molar-refractivity contribution is 0.281. The predicted molar refractivity (Wildman–Crippen MR) is 76.9 cm³/mol. The van der Waals surface area contributed by atoms with E-state index < -0.39 is 0 Å². The van der Waals surface area contributed by atoms with Crippen molar-refractivity contribution in [3.8, 4) is 11.3 Å². The van der Waals surface area contributed by atoms with Crippen LogP contribution in [0.2, 0.25) is 0 Å². The molecule has 0 saturated heterocycles. The number of thiazole rings is 1. The molecular weight excluding hydrogens is 242 g/mol. The van der Waals surface area contributed by atoms with Gasteiger partial charge in [0.25, 0.3) is 0 Å². The Morgan fingerprint density at radius 1 is 1.28 bits per heavy atom. The molecule has 0 amide bonds. The highest BCUT2D eigenvalue weighted by atomic mass is 32.1. The van der Waals surface area contributed by atoms with E-state index in [1.165, 1.54) is 28.0 Å². The van der Waals surface area contributed by atoms with Crippen LogP contribution >= 0.6 is 11.3 Å². The molecule has 0 aliphatic rings. The highest BCUT2D eigenvalue weighted by Crippen LogP contribution is 2.30. The van der Waals surface area contributed by atoms with Crippen LogP contribution in [0.15, 0.2) is 23.6 Å². The average molecular weight is 261 g/mol. The largest absolute Gasteiger partial charge is 0.389 e.